The highest BCUT2D eigenvalue weighted by molar-refractivity contribution is 7.89. The summed E-state index contributed by atoms with van der Waals surface area (Å²) in [5.41, 5.74) is 0.189. The Balaban J connectivity index is 2.42. The lowest BCUT2D eigenvalue weighted by molar-refractivity contribution is 0.560. The zero-order valence-electron chi connectivity index (χ0n) is 10.5. The molecule has 1 aromatic carbocycles. The van der Waals surface area contributed by atoms with E-state index in [2.05, 4.69) is 10.2 Å². The highest BCUT2D eigenvalue weighted by Gasteiger charge is 2.20. The second kappa shape index (κ2) is 5.25. The van der Waals surface area contributed by atoms with Crippen LogP contribution in [0.5, 0.6) is 0 Å². The van der Waals surface area contributed by atoms with Crippen LogP contribution in [0.2, 0.25) is 0 Å². The first-order chi connectivity index (χ1) is 9.32. The largest absolute Gasteiger partial charge is 0.301 e. The summed E-state index contributed by atoms with van der Waals surface area (Å²) in [6.07, 6.45) is -0.0114. The van der Waals surface area contributed by atoms with E-state index in [-0.39, 0.29) is 29.5 Å². The molecule has 1 heterocycles. The number of rotatable bonds is 4. The SMILES string of the molecule is CCn1c(Cc2ccc(F)cc2F)nnc1S(N)(=O)=O. The van der Waals surface area contributed by atoms with Crippen LogP contribution >= 0.6 is 0 Å². The fourth-order valence-corrected chi connectivity index (χ4v) is 2.51. The summed E-state index contributed by atoms with van der Waals surface area (Å²) in [5, 5.41) is 11.8. The third-order valence-electron chi connectivity index (χ3n) is 2.73. The van der Waals surface area contributed by atoms with Gasteiger partial charge < -0.3 is 4.57 Å². The van der Waals surface area contributed by atoms with Gasteiger partial charge in [0.1, 0.15) is 17.5 Å². The van der Waals surface area contributed by atoms with Crippen molar-refractivity contribution in [2.24, 2.45) is 5.14 Å². The van der Waals surface area contributed by atoms with Gasteiger partial charge in [-0.15, -0.1) is 10.2 Å². The molecule has 0 aliphatic heterocycles. The van der Waals surface area contributed by atoms with E-state index in [1.54, 1.807) is 6.92 Å². The maximum atomic E-state index is 13.6. The molecule has 9 heteroatoms. The monoisotopic (exact) mass is 302 g/mol. The van der Waals surface area contributed by atoms with E-state index in [0.717, 1.165) is 12.1 Å². The summed E-state index contributed by atoms with van der Waals surface area (Å²) in [7, 11) is -4.00. The van der Waals surface area contributed by atoms with Crippen LogP contribution in [0.1, 0.15) is 18.3 Å². The van der Waals surface area contributed by atoms with Crippen LogP contribution < -0.4 is 5.14 Å². The number of primary sulfonamides is 1. The lowest BCUT2D eigenvalue weighted by Gasteiger charge is -2.07. The van der Waals surface area contributed by atoms with E-state index in [4.69, 9.17) is 5.14 Å². The average molecular weight is 302 g/mol. The summed E-state index contributed by atoms with van der Waals surface area (Å²) < 4.78 is 50.3. The third-order valence-corrected chi connectivity index (χ3v) is 3.54. The molecule has 0 saturated heterocycles. The lowest BCUT2D eigenvalue weighted by Crippen LogP contribution is -2.19. The Hall–Kier alpha value is -1.87. The van der Waals surface area contributed by atoms with Gasteiger partial charge in [0, 0.05) is 19.0 Å². The highest BCUT2D eigenvalue weighted by atomic mass is 32.2. The molecule has 0 atom stereocenters. The average Bonchev–Trinajstić information content (AvgIpc) is 2.75. The van der Waals surface area contributed by atoms with Crippen molar-refractivity contribution in [3.63, 3.8) is 0 Å². The fraction of sp³-hybridized carbons (Fsp3) is 0.273. The predicted octanol–water partition coefficient (Wildman–Crippen LogP) is 0.814. The molecule has 0 aliphatic rings. The molecule has 6 nitrogen and oxygen atoms in total. The van der Waals surface area contributed by atoms with Gasteiger partial charge in [0.2, 0.25) is 0 Å². The zero-order chi connectivity index (χ0) is 14.9. The van der Waals surface area contributed by atoms with Crippen molar-refractivity contribution in [1.82, 2.24) is 14.8 Å². The second-order valence-electron chi connectivity index (χ2n) is 4.10. The Kier molecular flexibility index (Phi) is 3.82. The molecule has 0 amide bonds. The number of benzene rings is 1. The number of nitrogens with zero attached hydrogens (tertiary/aromatic N) is 3. The van der Waals surface area contributed by atoms with Crippen molar-refractivity contribution in [2.75, 3.05) is 0 Å². The van der Waals surface area contributed by atoms with Crippen molar-refractivity contribution in [1.29, 1.82) is 0 Å². The van der Waals surface area contributed by atoms with Gasteiger partial charge in [0.25, 0.3) is 15.2 Å². The predicted molar refractivity (Wildman–Crippen MR) is 66.2 cm³/mol. The number of sulfonamides is 1. The minimum atomic E-state index is -4.00. The number of aromatic nitrogens is 3. The third kappa shape index (κ3) is 2.83. The summed E-state index contributed by atoms with van der Waals surface area (Å²) in [6, 6.07) is 3.14. The van der Waals surface area contributed by atoms with Crippen LogP contribution in [0.15, 0.2) is 23.4 Å². The normalized spacial score (nSPS) is 11.8. The smallest absolute Gasteiger partial charge is 0.273 e. The molecule has 0 bridgehead atoms. The molecule has 0 aliphatic carbocycles. The minimum Gasteiger partial charge on any atom is -0.301 e. The van der Waals surface area contributed by atoms with Crippen molar-refractivity contribution in [3.8, 4) is 0 Å². The van der Waals surface area contributed by atoms with Gasteiger partial charge in [-0.3, -0.25) is 0 Å². The van der Waals surface area contributed by atoms with Gasteiger partial charge in [-0.05, 0) is 18.6 Å². The van der Waals surface area contributed by atoms with Crippen LogP contribution in [0.25, 0.3) is 0 Å². The number of hydrogen-bond donors (Lipinski definition) is 1. The maximum Gasteiger partial charge on any atom is 0.273 e. The van der Waals surface area contributed by atoms with Gasteiger partial charge in [0.15, 0.2) is 0 Å². The molecular weight excluding hydrogens is 290 g/mol. The molecule has 0 saturated carbocycles. The van der Waals surface area contributed by atoms with Gasteiger partial charge in [-0.1, -0.05) is 6.07 Å². The van der Waals surface area contributed by atoms with E-state index in [1.165, 1.54) is 10.6 Å². The summed E-state index contributed by atoms with van der Waals surface area (Å²) in [4.78, 5) is 0. The minimum absolute atomic E-state index is 0.0114. The van der Waals surface area contributed by atoms with E-state index < -0.39 is 21.7 Å². The van der Waals surface area contributed by atoms with Gasteiger partial charge >= 0.3 is 0 Å². The quantitative estimate of drug-likeness (QED) is 0.905. The molecule has 108 valence electrons. The Morgan fingerprint density at radius 2 is 2.00 bits per heavy atom. The van der Waals surface area contributed by atoms with E-state index in [0.29, 0.717) is 0 Å². The van der Waals surface area contributed by atoms with E-state index in [1.807, 2.05) is 0 Å². The Labute approximate surface area is 114 Å². The first kappa shape index (κ1) is 14.5. The van der Waals surface area contributed by atoms with Crippen LogP contribution in [0.4, 0.5) is 8.78 Å². The molecule has 2 rings (SSSR count). The first-order valence-corrected chi connectivity index (χ1v) is 7.26. The molecule has 0 unspecified atom stereocenters. The van der Waals surface area contributed by atoms with E-state index >= 15 is 0 Å². The zero-order valence-corrected chi connectivity index (χ0v) is 11.4. The topological polar surface area (TPSA) is 90.9 Å². The molecular formula is C11H12F2N4O2S. The molecule has 0 fully saturated rings. The summed E-state index contributed by atoms with van der Waals surface area (Å²) >= 11 is 0. The molecule has 2 N–H and O–H groups in total. The van der Waals surface area contributed by atoms with Crippen LogP contribution in [0.3, 0.4) is 0 Å². The standard InChI is InChI=1S/C11H12F2N4O2S/c1-2-17-10(15-16-11(17)20(14,18)19)5-7-3-4-8(12)6-9(7)13/h3-4,6H,2,5H2,1H3,(H2,14,18,19). The van der Waals surface area contributed by atoms with E-state index in [9.17, 15) is 17.2 Å². The molecule has 0 radical (unpaired) electrons. The molecule has 1 aromatic heterocycles. The van der Waals surface area contributed by atoms with Gasteiger partial charge in [-0.25, -0.2) is 22.3 Å². The maximum absolute atomic E-state index is 13.6. The first-order valence-electron chi connectivity index (χ1n) is 5.71. The second-order valence-corrected chi connectivity index (χ2v) is 5.56. The van der Waals surface area contributed by atoms with Crippen molar-refractivity contribution in [3.05, 3.63) is 41.2 Å². The fourth-order valence-electron chi connectivity index (χ4n) is 1.81. The molecule has 0 spiro atoms. The Bertz CT molecular complexity index is 743. The van der Waals surface area contributed by atoms with Gasteiger partial charge in [0.05, 0.1) is 0 Å². The van der Waals surface area contributed by atoms with Crippen molar-refractivity contribution in [2.45, 2.75) is 25.0 Å². The highest BCUT2D eigenvalue weighted by Crippen LogP contribution is 2.15. The van der Waals surface area contributed by atoms with Crippen molar-refractivity contribution < 1.29 is 17.2 Å². The van der Waals surface area contributed by atoms with Crippen LogP contribution in [0, 0.1) is 11.6 Å². The summed E-state index contributed by atoms with van der Waals surface area (Å²) in [5.74, 6) is -1.18. The van der Waals surface area contributed by atoms with Gasteiger partial charge in [-0.2, -0.15) is 0 Å². The number of nitrogens with two attached hydrogens (primary N) is 1. The Morgan fingerprint density at radius 3 is 2.55 bits per heavy atom. The Morgan fingerprint density at radius 1 is 1.30 bits per heavy atom. The van der Waals surface area contributed by atoms with Crippen LogP contribution in [-0.4, -0.2) is 23.2 Å². The lowest BCUT2D eigenvalue weighted by atomic mass is 10.1. The number of halogens is 2. The number of hydrogen-bond acceptors (Lipinski definition) is 4. The van der Waals surface area contributed by atoms with Crippen LogP contribution in [-0.2, 0) is 23.0 Å². The van der Waals surface area contributed by atoms with Crippen molar-refractivity contribution >= 4 is 10.0 Å². The molecule has 20 heavy (non-hydrogen) atoms. The summed E-state index contributed by atoms with van der Waals surface area (Å²) in [6.45, 7) is 1.94. The molecule has 2 aromatic rings.